The SMILES string of the molecule is C=Cc1cc(OF)cc(OC)c1C=C. The van der Waals surface area contributed by atoms with Crippen molar-refractivity contribution in [2.24, 2.45) is 0 Å². The van der Waals surface area contributed by atoms with Gasteiger partial charge in [0.25, 0.3) is 0 Å². The first-order valence-electron chi connectivity index (χ1n) is 4.02. The van der Waals surface area contributed by atoms with Crippen molar-refractivity contribution in [1.82, 2.24) is 0 Å². The minimum atomic E-state index is 0.0855. The Morgan fingerprint density at radius 1 is 1.29 bits per heavy atom. The molecule has 0 radical (unpaired) electrons. The van der Waals surface area contributed by atoms with Gasteiger partial charge in [0, 0.05) is 16.2 Å². The third-order valence-electron chi connectivity index (χ3n) is 1.88. The molecular formula is C11H11FO2. The van der Waals surface area contributed by atoms with Crippen LogP contribution in [0.5, 0.6) is 11.5 Å². The van der Waals surface area contributed by atoms with Crippen molar-refractivity contribution in [3.8, 4) is 11.5 Å². The summed E-state index contributed by atoms with van der Waals surface area (Å²) in [6.45, 7) is 7.25. The van der Waals surface area contributed by atoms with E-state index in [1.807, 2.05) is 0 Å². The molecule has 74 valence electrons. The van der Waals surface area contributed by atoms with Crippen LogP contribution in [-0.4, -0.2) is 7.11 Å². The topological polar surface area (TPSA) is 18.5 Å². The molecular weight excluding hydrogens is 183 g/mol. The molecule has 2 nitrogen and oxygen atoms in total. The third kappa shape index (κ3) is 1.76. The first-order chi connectivity index (χ1) is 6.76. The van der Waals surface area contributed by atoms with Gasteiger partial charge in [-0.25, -0.2) is 0 Å². The van der Waals surface area contributed by atoms with Gasteiger partial charge < -0.3 is 4.74 Å². The van der Waals surface area contributed by atoms with Crippen molar-refractivity contribution >= 4 is 12.2 Å². The maximum atomic E-state index is 12.0. The van der Waals surface area contributed by atoms with E-state index in [1.54, 1.807) is 12.2 Å². The highest BCUT2D eigenvalue weighted by molar-refractivity contribution is 5.70. The molecule has 3 heteroatoms. The first kappa shape index (κ1) is 10.3. The fraction of sp³-hybridized carbons (Fsp3) is 0.0909. The first-order valence-corrected chi connectivity index (χ1v) is 4.02. The van der Waals surface area contributed by atoms with E-state index in [0.717, 1.165) is 5.56 Å². The lowest BCUT2D eigenvalue weighted by atomic mass is 10.1. The molecule has 0 spiro atoms. The average molecular weight is 194 g/mol. The standard InChI is InChI=1S/C11H11FO2/c1-4-8-6-9(14-12)7-11(13-3)10(8)5-2/h4-7H,1-2H2,3H3. The van der Waals surface area contributed by atoms with Gasteiger partial charge in [-0.15, -0.1) is 0 Å². The lowest BCUT2D eigenvalue weighted by molar-refractivity contribution is -0.00644. The fourth-order valence-electron chi connectivity index (χ4n) is 1.22. The molecule has 0 aliphatic heterocycles. The van der Waals surface area contributed by atoms with Crippen molar-refractivity contribution in [3.05, 3.63) is 36.4 Å². The van der Waals surface area contributed by atoms with E-state index in [2.05, 4.69) is 18.1 Å². The van der Waals surface area contributed by atoms with Crippen molar-refractivity contribution in [2.45, 2.75) is 0 Å². The molecule has 0 heterocycles. The molecule has 1 rings (SSSR count). The number of rotatable bonds is 4. The number of methoxy groups -OCH3 is 1. The number of benzene rings is 1. The maximum absolute atomic E-state index is 12.0. The van der Waals surface area contributed by atoms with Crippen molar-refractivity contribution in [2.75, 3.05) is 7.11 Å². The van der Waals surface area contributed by atoms with E-state index in [9.17, 15) is 4.53 Å². The Morgan fingerprint density at radius 3 is 2.43 bits per heavy atom. The van der Waals surface area contributed by atoms with Crippen LogP contribution >= 0.6 is 0 Å². The molecule has 0 saturated heterocycles. The second-order valence-corrected chi connectivity index (χ2v) is 2.61. The summed E-state index contributed by atoms with van der Waals surface area (Å²) >= 11 is 0. The minimum Gasteiger partial charge on any atom is -0.496 e. The van der Waals surface area contributed by atoms with Gasteiger partial charge in [-0.2, -0.15) is 0 Å². The van der Waals surface area contributed by atoms with E-state index < -0.39 is 0 Å². The van der Waals surface area contributed by atoms with Crippen LogP contribution in [0.3, 0.4) is 0 Å². The zero-order valence-electron chi connectivity index (χ0n) is 7.92. The summed E-state index contributed by atoms with van der Waals surface area (Å²) in [5, 5.41) is 0. The summed E-state index contributed by atoms with van der Waals surface area (Å²) in [6, 6.07) is 2.97. The Balaban J connectivity index is 3.38. The van der Waals surface area contributed by atoms with Gasteiger partial charge in [0.15, 0.2) is 5.75 Å². The van der Waals surface area contributed by atoms with Gasteiger partial charge in [0.05, 0.1) is 7.11 Å². The minimum absolute atomic E-state index is 0.0855. The molecule has 0 aromatic heterocycles. The lowest BCUT2D eigenvalue weighted by Crippen LogP contribution is -1.91. The summed E-state index contributed by atoms with van der Waals surface area (Å²) in [5.74, 6) is 0.590. The van der Waals surface area contributed by atoms with Crippen LogP contribution in [0.4, 0.5) is 4.53 Å². The normalized spacial score (nSPS) is 9.29. The number of hydrogen-bond donors (Lipinski definition) is 0. The number of halogens is 1. The van der Waals surface area contributed by atoms with Crippen LogP contribution < -0.4 is 9.68 Å². The highest BCUT2D eigenvalue weighted by Crippen LogP contribution is 2.30. The van der Waals surface area contributed by atoms with Crippen LogP contribution in [0.15, 0.2) is 25.3 Å². The van der Waals surface area contributed by atoms with Crippen LogP contribution in [0.1, 0.15) is 11.1 Å². The Kier molecular flexibility index (Phi) is 3.29. The molecule has 0 unspecified atom stereocenters. The van der Waals surface area contributed by atoms with E-state index in [1.165, 1.54) is 19.2 Å². The van der Waals surface area contributed by atoms with Crippen LogP contribution in [0.25, 0.3) is 12.2 Å². The van der Waals surface area contributed by atoms with E-state index in [0.29, 0.717) is 11.3 Å². The molecule has 0 saturated carbocycles. The van der Waals surface area contributed by atoms with Crippen LogP contribution in [-0.2, 0) is 0 Å². The van der Waals surface area contributed by atoms with Crippen LogP contribution in [0, 0.1) is 0 Å². The summed E-state index contributed by atoms with van der Waals surface area (Å²) in [4.78, 5) is 3.64. The van der Waals surface area contributed by atoms with Gasteiger partial charge in [-0.05, 0) is 11.6 Å². The Bertz CT molecular complexity index is 359. The Morgan fingerprint density at radius 2 is 2.00 bits per heavy atom. The summed E-state index contributed by atoms with van der Waals surface area (Å²) in [5.41, 5.74) is 1.48. The van der Waals surface area contributed by atoms with Gasteiger partial charge in [-0.3, -0.25) is 4.94 Å². The van der Waals surface area contributed by atoms with Gasteiger partial charge in [-0.1, -0.05) is 25.3 Å². The molecule has 14 heavy (non-hydrogen) atoms. The van der Waals surface area contributed by atoms with Crippen molar-refractivity contribution < 1.29 is 14.2 Å². The fourth-order valence-corrected chi connectivity index (χ4v) is 1.22. The quantitative estimate of drug-likeness (QED) is 0.732. The highest BCUT2D eigenvalue weighted by atomic mass is 19.3. The number of ether oxygens (including phenoxy) is 1. The smallest absolute Gasteiger partial charge is 0.176 e. The molecule has 1 aromatic rings. The monoisotopic (exact) mass is 194 g/mol. The molecule has 0 bridgehead atoms. The average Bonchev–Trinajstić information content (AvgIpc) is 2.26. The second kappa shape index (κ2) is 4.46. The molecule has 0 aliphatic carbocycles. The molecule has 0 aliphatic rings. The third-order valence-corrected chi connectivity index (χ3v) is 1.88. The molecule has 0 fully saturated rings. The summed E-state index contributed by atoms with van der Waals surface area (Å²) in [7, 11) is 1.50. The van der Waals surface area contributed by atoms with Crippen molar-refractivity contribution in [3.63, 3.8) is 0 Å². The molecule has 0 amide bonds. The predicted octanol–water partition coefficient (Wildman–Crippen LogP) is 3.24. The van der Waals surface area contributed by atoms with Gasteiger partial charge >= 0.3 is 0 Å². The summed E-state index contributed by atoms with van der Waals surface area (Å²) < 4.78 is 17.0. The maximum Gasteiger partial charge on any atom is 0.176 e. The van der Waals surface area contributed by atoms with Crippen LogP contribution in [0.2, 0.25) is 0 Å². The predicted molar refractivity (Wildman–Crippen MR) is 54.9 cm³/mol. The largest absolute Gasteiger partial charge is 0.496 e. The van der Waals surface area contributed by atoms with Gasteiger partial charge in [0.2, 0.25) is 0 Å². The Labute approximate surface area is 82.2 Å². The highest BCUT2D eigenvalue weighted by Gasteiger charge is 2.08. The summed E-state index contributed by atoms with van der Waals surface area (Å²) in [6.07, 6.45) is 3.21. The van der Waals surface area contributed by atoms with Gasteiger partial charge in [0.1, 0.15) is 5.75 Å². The lowest BCUT2D eigenvalue weighted by Gasteiger charge is -2.08. The van der Waals surface area contributed by atoms with Crippen molar-refractivity contribution in [1.29, 1.82) is 0 Å². The van der Waals surface area contributed by atoms with E-state index in [-0.39, 0.29) is 5.75 Å². The van der Waals surface area contributed by atoms with E-state index in [4.69, 9.17) is 4.74 Å². The molecule has 1 aromatic carbocycles. The number of hydrogen-bond acceptors (Lipinski definition) is 2. The second-order valence-electron chi connectivity index (χ2n) is 2.61. The zero-order chi connectivity index (χ0) is 10.6. The molecule has 0 atom stereocenters. The Hall–Kier alpha value is -1.77. The molecule has 0 N–H and O–H groups in total. The van der Waals surface area contributed by atoms with E-state index >= 15 is 0 Å². The zero-order valence-corrected chi connectivity index (χ0v) is 7.92.